The van der Waals surface area contributed by atoms with E-state index in [9.17, 15) is 13.2 Å². The summed E-state index contributed by atoms with van der Waals surface area (Å²) in [6.07, 6.45) is 1.20. The number of hydrogen-bond acceptors (Lipinski definition) is 5. The van der Waals surface area contributed by atoms with E-state index in [0.717, 1.165) is 6.07 Å². The molecule has 21 heavy (non-hydrogen) atoms. The summed E-state index contributed by atoms with van der Waals surface area (Å²) < 4.78 is 30.5. The first kappa shape index (κ1) is 13.8. The van der Waals surface area contributed by atoms with Gasteiger partial charge in [-0.2, -0.15) is 5.10 Å². The van der Waals surface area contributed by atoms with Crippen molar-refractivity contribution in [3.8, 4) is 0 Å². The first-order valence-corrected chi connectivity index (χ1v) is 7.75. The van der Waals surface area contributed by atoms with Crippen LogP contribution in [0.5, 0.6) is 0 Å². The highest BCUT2D eigenvalue weighted by molar-refractivity contribution is 7.91. The van der Waals surface area contributed by atoms with Crippen molar-refractivity contribution >= 4 is 32.4 Å². The number of halogens is 1. The molecule has 0 fully saturated rings. The molecule has 0 aliphatic carbocycles. The van der Waals surface area contributed by atoms with Gasteiger partial charge in [0.2, 0.25) is 14.9 Å². The second kappa shape index (κ2) is 4.71. The maximum absolute atomic E-state index is 12.6. The van der Waals surface area contributed by atoms with Crippen molar-refractivity contribution in [2.24, 2.45) is 0 Å². The minimum absolute atomic E-state index is 0.267. The van der Waals surface area contributed by atoms with E-state index in [0.29, 0.717) is 21.6 Å². The maximum atomic E-state index is 12.6. The first-order valence-electron chi connectivity index (χ1n) is 5.88. The van der Waals surface area contributed by atoms with E-state index in [-0.39, 0.29) is 5.09 Å². The number of sulfone groups is 1. The van der Waals surface area contributed by atoms with E-state index in [1.807, 2.05) is 0 Å². The Kier molecular flexibility index (Phi) is 3.11. The van der Waals surface area contributed by atoms with Gasteiger partial charge in [0.05, 0.1) is 0 Å². The Morgan fingerprint density at radius 1 is 1.29 bits per heavy atom. The lowest BCUT2D eigenvalue weighted by atomic mass is 10.2. The summed E-state index contributed by atoms with van der Waals surface area (Å²) in [6, 6.07) is 5.93. The third kappa shape index (κ3) is 2.14. The molecule has 3 aromatic rings. The van der Waals surface area contributed by atoms with Gasteiger partial charge in [-0.05, 0) is 31.2 Å². The first-order chi connectivity index (χ1) is 9.91. The Balaban J connectivity index is 2.32. The van der Waals surface area contributed by atoms with Crippen molar-refractivity contribution in [2.45, 2.75) is 16.9 Å². The molecule has 0 aliphatic rings. The van der Waals surface area contributed by atoms with E-state index in [4.69, 9.17) is 16.0 Å². The molecule has 0 aliphatic heterocycles. The summed E-state index contributed by atoms with van der Waals surface area (Å²) in [4.78, 5) is 11.2. The van der Waals surface area contributed by atoms with Crippen LogP contribution in [0.2, 0.25) is 5.02 Å². The average Bonchev–Trinajstić information content (AvgIpc) is 2.77. The zero-order chi connectivity index (χ0) is 15.2. The number of aromatic amines is 1. The minimum atomic E-state index is -4.07. The number of nitrogens with one attached hydrogen (secondary N) is 1. The van der Waals surface area contributed by atoms with E-state index in [1.54, 1.807) is 25.1 Å². The molecule has 2 heterocycles. The maximum Gasteiger partial charge on any atom is 0.283 e. The van der Waals surface area contributed by atoms with Crippen LogP contribution in [0.3, 0.4) is 0 Å². The van der Waals surface area contributed by atoms with Crippen molar-refractivity contribution in [1.82, 2.24) is 10.2 Å². The molecule has 1 aromatic carbocycles. The van der Waals surface area contributed by atoms with Crippen LogP contribution >= 0.6 is 11.6 Å². The molecule has 0 spiro atoms. The molecule has 1 N–H and O–H groups in total. The molecule has 108 valence electrons. The van der Waals surface area contributed by atoms with Crippen molar-refractivity contribution in [3.63, 3.8) is 0 Å². The molecular weight excluding hydrogens is 316 g/mol. The summed E-state index contributed by atoms with van der Waals surface area (Å²) in [6.45, 7) is 1.60. The van der Waals surface area contributed by atoms with Gasteiger partial charge in [0.15, 0.2) is 0 Å². The summed E-state index contributed by atoms with van der Waals surface area (Å²) in [5, 5.41) is 6.36. The van der Waals surface area contributed by atoms with Gasteiger partial charge in [-0.15, -0.1) is 0 Å². The molecule has 3 rings (SSSR count). The van der Waals surface area contributed by atoms with Gasteiger partial charge in [0.25, 0.3) is 5.56 Å². The third-order valence-electron chi connectivity index (χ3n) is 3.08. The minimum Gasteiger partial charge on any atom is -0.444 e. The number of aromatic nitrogens is 2. The Morgan fingerprint density at radius 3 is 2.76 bits per heavy atom. The highest BCUT2D eigenvalue weighted by Gasteiger charge is 2.28. The quantitative estimate of drug-likeness (QED) is 0.780. The molecule has 0 bridgehead atoms. The van der Waals surface area contributed by atoms with E-state index in [2.05, 4.69) is 10.2 Å². The largest absolute Gasteiger partial charge is 0.444 e. The molecule has 0 unspecified atom stereocenters. The second-order valence-electron chi connectivity index (χ2n) is 4.41. The highest BCUT2D eigenvalue weighted by atomic mass is 35.5. The Hall–Kier alpha value is -2.12. The normalized spacial score (nSPS) is 11.9. The van der Waals surface area contributed by atoms with Crippen LogP contribution in [-0.4, -0.2) is 18.6 Å². The topological polar surface area (TPSA) is 93.0 Å². The number of furan rings is 1. The second-order valence-corrected chi connectivity index (χ2v) is 6.66. The van der Waals surface area contributed by atoms with Crippen LogP contribution in [-0.2, 0) is 9.84 Å². The van der Waals surface area contributed by atoms with Crippen molar-refractivity contribution in [1.29, 1.82) is 0 Å². The summed E-state index contributed by atoms with van der Waals surface area (Å²) in [5.41, 5.74) is 0.0000560. The molecule has 0 atom stereocenters. The van der Waals surface area contributed by atoms with Crippen molar-refractivity contribution < 1.29 is 12.8 Å². The zero-order valence-corrected chi connectivity index (χ0v) is 12.3. The molecule has 0 saturated heterocycles. The SMILES string of the molecule is Cc1c(S(=O)(=O)c2ccn[nH]c2=O)oc2ccc(Cl)cc12. The standard InChI is InChI=1S/C13H9ClN2O4S/c1-7-9-6-8(14)2-3-10(9)20-13(7)21(18,19)11-4-5-15-16-12(11)17/h2-6H,1H3,(H,16,17). The summed E-state index contributed by atoms with van der Waals surface area (Å²) >= 11 is 5.90. The Morgan fingerprint density at radius 2 is 2.05 bits per heavy atom. The van der Waals surface area contributed by atoms with E-state index < -0.39 is 20.3 Å². The van der Waals surface area contributed by atoms with Crippen LogP contribution < -0.4 is 5.56 Å². The van der Waals surface area contributed by atoms with E-state index >= 15 is 0 Å². The number of nitrogens with zero attached hydrogens (tertiary/aromatic N) is 1. The van der Waals surface area contributed by atoms with Gasteiger partial charge < -0.3 is 4.42 Å². The molecule has 6 nitrogen and oxygen atoms in total. The van der Waals surface area contributed by atoms with Crippen LogP contribution in [0.25, 0.3) is 11.0 Å². The van der Waals surface area contributed by atoms with Crippen LogP contribution in [0, 0.1) is 6.92 Å². The monoisotopic (exact) mass is 324 g/mol. The predicted molar refractivity (Wildman–Crippen MR) is 76.3 cm³/mol. The number of rotatable bonds is 2. The van der Waals surface area contributed by atoms with Gasteiger partial charge in [-0.3, -0.25) is 4.79 Å². The molecular formula is C13H9ClN2O4S. The van der Waals surface area contributed by atoms with Gasteiger partial charge in [-0.25, -0.2) is 13.5 Å². The lowest BCUT2D eigenvalue weighted by Gasteiger charge is -2.00. The summed E-state index contributed by atoms with van der Waals surface area (Å²) in [7, 11) is -4.07. The fourth-order valence-corrected chi connectivity index (χ4v) is 3.68. The Bertz CT molecular complexity index is 1000. The Labute approximate surface area is 124 Å². The smallest absolute Gasteiger partial charge is 0.283 e. The summed E-state index contributed by atoms with van der Waals surface area (Å²) in [5.74, 6) is 0. The van der Waals surface area contributed by atoms with Gasteiger partial charge >= 0.3 is 0 Å². The fourth-order valence-electron chi connectivity index (χ4n) is 2.07. The molecule has 2 aromatic heterocycles. The molecule has 0 amide bonds. The van der Waals surface area contributed by atoms with Crippen molar-refractivity contribution in [2.75, 3.05) is 0 Å². The lowest BCUT2D eigenvalue weighted by molar-refractivity contribution is 0.476. The number of hydrogen-bond donors (Lipinski definition) is 1. The molecule has 0 radical (unpaired) electrons. The molecule has 8 heteroatoms. The number of H-pyrrole nitrogens is 1. The molecule has 0 saturated carbocycles. The lowest BCUT2D eigenvalue weighted by Crippen LogP contribution is -2.18. The van der Waals surface area contributed by atoms with Gasteiger partial charge in [0, 0.05) is 22.2 Å². The van der Waals surface area contributed by atoms with Crippen LogP contribution in [0.1, 0.15) is 5.56 Å². The van der Waals surface area contributed by atoms with Gasteiger partial charge in [0.1, 0.15) is 10.5 Å². The van der Waals surface area contributed by atoms with Crippen LogP contribution in [0.15, 0.2) is 49.7 Å². The van der Waals surface area contributed by atoms with Crippen molar-refractivity contribution in [3.05, 3.63) is 51.4 Å². The van der Waals surface area contributed by atoms with Crippen LogP contribution in [0.4, 0.5) is 0 Å². The predicted octanol–water partition coefficient (Wildman–Crippen LogP) is 2.31. The fraction of sp³-hybridized carbons (Fsp3) is 0.0769. The highest BCUT2D eigenvalue weighted by Crippen LogP contribution is 2.32. The average molecular weight is 325 g/mol. The van der Waals surface area contributed by atoms with Gasteiger partial charge in [-0.1, -0.05) is 11.6 Å². The number of benzene rings is 1. The van der Waals surface area contributed by atoms with E-state index in [1.165, 1.54) is 6.20 Å². The third-order valence-corrected chi connectivity index (χ3v) is 5.09. The number of fused-ring (bicyclic) bond motifs is 1. The zero-order valence-electron chi connectivity index (χ0n) is 10.8. The number of aryl methyl sites for hydroxylation is 1.